The van der Waals surface area contributed by atoms with Crippen LogP contribution in [0.4, 0.5) is 0 Å². The van der Waals surface area contributed by atoms with Crippen molar-refractivity contribution in [2.24, 2.45) is 0 Å². The zero-order valence-electron chi connectivity index (χ0n) is 8.85. The van der Waals surface area contributed by atoms with Crippen LogP contribution >= 0.6 is 15.9 Å². The van der Waals surface area contributed by atoms with Crippen LogP contribution in [0, 0.1) is 6.92 Å². The summed E-state index contributed by atoms with van der Waals surface area (Å²) in [6.45, 7) is 2.22. The molecule has 4 heteroatoms. The van der Waals surface area contributed by atoms with Gasteiger partial charge < -0.3 is 4.57 Å². The first-order valence-electron chi connectivity index (χ1n) is 4.93. The van der Waals surface area contributed by atoms with Gasteiger partial charge in [0.15, 0.2) is 5.78 Å². The zero-order valence-corrected chi connectivity index (χ0v) is 10.4. The van der Waals surface area contributed by atoms with E-state index in [0.717, 1.165) is 10.3 Å². The van der Waals surface area contributed by atoms with Crippen LogP contribution in [0.1, 0.15) is 16.2 Å². The number of hydrogen-bond donors (Lipinski definition) is 0. The van der Waals surface area contributed by atoms with E-state index in [2.05, 4.69) is 20.9 Å². The molecule has 1 aromatic heterocycles. The van der Waals surface area contributed by atoms with Crippen molar-refractivity contribution in [2.45, 2.75) is 13.5 Å². The number of halogens is 1. The molecule has 0 amide bonds. The van der Waals surface area contributed by atoms with Crippen molar-refractivity contribution in [3.63, 3.8) is 0 Å². The lowest BCUT2D eigenvalue weighted by Crippen LogP contribution is -2.10. The van der Waals surface area contributed by atoms with Crippen molar-refractivity contribution in [1.82, 2.24) is 9.55 Å². The minimum atomic E-state index is 0.0856. The molecule has 3 nitrogen and oxygen atoms in total. The van der Waals surface area contributed by atoms with Gasteiger partial charge in [0.25, 0.3) is 0 Å². The lowest BCUT2D eigenvalue weighted by molar-refractivity contribution is 0.0971. The van der Waals surface area contributed by atoms with Gasteiger partial charge in [-0.05, 0) is 19.1 Å². The average molecular weight is 279 g/mol. The van der Waals surface area contributed by atoms with E-state index in [1.165, 1.54) is 0 Å². The van der Waals surface area contributed by atoms with Crippen LogP contribution in [-0.2, 0) is 6.54 Å². The molecule has 0 aliphatic rings. The van der Waals surface area contributed by atoms with Gasteiger partial charge in [-0.1, -0.05) is 28.1 Å². The largest absolute Gasteiger partial charge is 0.327 e. The molecule has 0 saturated carbocycles. The number of carbonyl (C=O) groups is 1. The second-order valence-corrected chi connectivity index (χ2v) is 4.45. The number of aromatic nitrogens is 2. The van der Waals surface area contributed by atoms with Crippen molar-refractivity contribution >= 4 is 21.7 Å². The van der Waals surface area contributed by atoms with E-state index in [1.54, 1.807) is 6.20 Å². The van der Waals surface area contributed by atoms with Crippen LogP contribution < -0.4 is 0 Å². The summed E-state index contributed by atoms with van der Waals surface area (Å²) in [5.41, 5.74) is 0.711. The predicted octanol–water partition coefficient (Wildman–Crippen LogP) is 2.84. The number of nitrogens with zero attached hydrogens (tertiary/aromatic N) is 2. The summed E-state index contributed by atoms with van der Waals surface area (Å²) < 4.78 is 2.75. The Kier molecular flexibility index (Phi) is 3.19. The van der Waals surface area contributed by atoms with Crippen LogP contribution in [-0.4, -0.2) is 15.3 Å². The molecule has 2 aromatic rings. The van der Waals surface area contributed by atoms with Gasteiger partial charge in [0.05, 0.1) is 6.54 Å². The second kappa shape index (κ2) is 4.61. The maximum Gasteiger partial charge on any atom is 0.182 e. The number of carbonyl (C=O) groups excluding carboxylic acids is 1. The second-order valence-electron chi connectivity index (χ2n) is 3.54. The van der Waals surface area contributed by atoms with Crippen molar-refractivity contribution in [2.75, 3.05) is 0 Å². The van der Waals surface area contributed by atoms with Crippen LogP contribution in [0.3, 0.4) is 0 Å². The summed E-state index contributed by atoms with van der Waals surface area (Å²) in [5.74, 6) is 0.936. The predicted molar refractivity (Wildman–Crippen MR) is 65.4 cm³/mol. The molecule has 0 unspecified atom stereocenters. The minimum absolute atomic E-state index is 0.0856. The molecule has 0 fully saturated rings. The van der Waals surface area contributed by atoms with Crippen LogP contribution in [0.2, 0.25) is 0 Å². The Morgan fingerprint density at radius 3 is 2.94 bits per heavy atom. The molecule has 1 heterocycles. The van der Waals surface area contributed by atoms with Crippen molar-refractivity contribution in [3.8, 4) is 0 Å². The molecule has 0 spiro atoms. The van der Waals surface area contributed by atoms with Crippen LogP contribution in [0.5, 0.6) is 0 Å². The minimum Gasteiger partial charge on any atom is -0.327 e. The Morgan fingerprint density at radius 1 is 1.50 bits per heavy atom. The summed E-state index contributed by atoms with van der Waals surface area (Å²) in [4.78, 5) is 16.0. The van der Waals surface area contributed by atoms with Crippen LogP contribution in [0.15, 0.2) is 41.1 Å². The van der Waals surface area contributed by atoms with E-state index in [9.17, 15) is 4.79 Å². The monoisotopic (exact) mass is 278 g/mol. The maximum absolute atomic E-state index is 11.9. The quantitative estimate of drug-likeness (QED) is 0.810. The molecule has 0 radical (unpaired) electrons. The Hall–Kier alpha value is -1.42. The molecule has 0 N–H and O–H groups in total. The van der Waals surface area contributed by atoms with E-state index in [1.807, 2.05) is 42.0 Å². The van der Waals surface area contributed by atoms with Gasteiger partial charge in [0, 0.05) is 22.4 Å². The number of aryl methyl sites for hydroxylation is 1. The Labute approximate surface area is 102 Å². The van der Waals surface area contributed by atoms with Gasteiger partial charge in [-0.3, -0.25) is 4.79 Å². The number of hydrogen-bond acceptors (Lipinski definition) is 2. The van der Waals surface area contributed by atoms with Crippen molar-refractivity contribution < 1.29 is 4.79 Å². The fourth-order valence-electron chi connectivity index (χ4n) is 1.48. The highest BCUT2D eigenvalue weighted by molar-refractivity contribution is 9.10. The molecular formula is C12H11BrN2O. The molecule has 82 valence electrons. The number of benzene rings is 1. The first kappa shape index (κ1) is 11.1. The number of imidazole rings is 1. The topological polar surface area (TPSA) is 34.9 Å². The highest BCUT2D eigenvalue weighted by Crippen LogP contribution is 2.13. The van der Waals surface area contributed by atoms with Gasteiger partial charge in [-0.15, -0.1) is 0 Å². The van der Waals surface area contributed by atoms with Crippen LogP contribution in [0.25, 0.3) is 0 Å². The fraction of sp³-hybridized carbons (Fsp3) is 0.167. The van der Waals surface area contributed by atoms with E-state index in [-0.39, 0.29) is 5.78 Å². The van der Waals surface area contributed by atoms with E-state index >= 15 is 0 Å². The standard InChI is InChI=1S/C12H11BrN2O/c1-9-14-5-6-15(9)8-12(16)10-3-2-4-11(13)7-10/h2-7H,8H2,1H3. The average Bonchev–Trinajstić information content (AvgIpc) is 2.64. The number of rotatable bonds is 3. The van der Waals surface area contributed by atoms with E-state index < -0.39 is 0 Å². The molecule has 0 bridgehead atoms. The summed E-state index contributed by atoms with van der Waals surface area (Å²) in [5, 5.41) is 0. The molecule has 0 saturated heterocycles. The Bertz CT molecular complexity index is 519. The highest BCUT2D eigenvalue weighted by atomic mass is 79.9. The summed E-state index contributed by atoms with van der Waals surface area (Å²) in [6.07, 6.45) is 3.51. The van der Waals surface area contributed by atoms with Gasteiger partial charge in [0.1, 0.15) is 5.82 Å². The number of Topliss-reactive ketones (excluding diaryl/α,β-unsaturated/α-hetero) is 1. The first-order chi connectivity index (χ1) is 7.66. The van der Waals surface area contributed by atoms with Crippen molar-refractivity contribution in [1.29, 1.82) is 0 Å². The summed E-state index contributed by atoms with van der Waals surface area (Å²) in [6, 6.07) is 7.41. The van der Waals surface area contributed by atoms with Gasteiger partial charge >= 0.3 is 0 Å². The molecule has 0 aliphatic heterocycles. The summed E-state index contributed by atoms with van der Waals surface area (Å²) in [7, 11) is 0. The molecular weight excluding hydrogens is 268 g/mol. The Morgan fingerprint density at radius 2 is 2.31 bits per heavy atom. The number of ketones is 1. The van der Waals surface area contributed by atoms with E-state index in [4.69, 9.17) is 0 Å². The lowest BCUT2D eigenvalue weighted by Gasteiger charge is -2.04. The Balaban J connectivity index is 2.18. The van der Waals surface area contributed by atoms with E-state index in [0.29, 0.717) is 12.1 Å². The fourth-order valence-corrected chi connectivity index (χ4v) is 1.88. The van der Waals surface area contributed by atoms with Gasteiger partial charge in [0.2, 0.25) is 0 Å². The third-order valence-electron chi connectivity index (χ3n) is 2.38. The molecule has 1 aromatic carbocycles. The van der Waals surface area contributed by atoms with Crippen molar-refractivity contribution in [3.05, 3.63) is 52.5 Å². The lowest BCUT2D eigenvalue weighted by atomic mass is 10.1. The molecule has 0 aliphatic carbocycles. The molecule has 0 atom stereocenters. The third-order valence-corrected chi connectivity index (χ3v) is 2.88. The SMILES string of the molecule is Cc1nccn1CC(=O)c1cccc(Br)c1. The zero-order chi connectivity index (χ0) is 11.5. The first-order valence-corrected chi connectivity index (χ1v) is 5.72. The third kappa shape index (κ3) is 2.39. The van der Waals surface area contributed by atoms with Gasteiger partial charge in [-0.25, -0.2) is 4.98 Å². The van der Waals surface area contributed by atoms with Gasteiger partial charge in [-0.2, -0.15) is 0 Å². The maximum atomic E-state index is 11.9. The summed E-state index contributed by atoms with van der Waals surface area (Å²) >= 11 is 3.35. The highest BCUT2D eigenvalue weighted by Gasteiger charge is 2.08. The molecule has 2 rings (SSSR count). The molecule has 16 heavy (non-hydrogen) atoms. The normalized spacial score (nSPS) is 10.4. The smallest absolute Gasteiger partial charge is 0.182 e.